The van der Waals surface area contributed by atoms with Crippen LogP contribution in [0.5, 0.6) is 0 Å². The Morgan fingerprint density at radius 2 is 2.12 bits per heavy atom. The first-order chi connectivity index (χ1) is 7.43. The van der Waals surface area contributed by atoms with E-state index in [0.717, 1.165) is 19.0 Å². The summed E-state index contributed by atoms with van der Waals surface area (Å²) in [5, 5.41) is 2.97. The molecule has 1 fully saturated rings. The normalized spacial score (nSPS) is 16.6. The van der Waals surface area contributed by atoms with Crippen molar-refractivity contribution in [1.29, 1.82) is 0 Å². The van der Waals surface area contributed by atoms with Crippen molar-refractivity contribution >= 4 is 5.91 Å². The van der Waals surface area contributed by atoms with Crippen LogP contribution in [0.25, 0.3) is 0 Å². The SMILES string of the molecule is CN(CC(=O)NCC1CC1)CC(C)(C)CN. The third-order valence-electron chi connectivity index (χ3n) is 2.95. The van der Waals surface area contributed by atoms with Crippen LogP contribution in [0.3, 0.4) is 0 Å². The Hall–Kier alpha value is -0.610. The Morgan fingerprint density at radius 1 is 1.50 bits per heavy atom. The van der Waals surface area contributed by atoms with E-state index in [1.807, 2.05) is 11.9 Å². The maximum atomic E-state index is 11.6. The van der Waals surface area contributed by atoms with Gasteiger partial charge in [0.2, 0.25) is 5.91 Å². The molecule has 4 nitrogen and oxygen atoms in total. The molecule has 4 heteroatoms. The standard InChI is InChI=1S/C12H25N3O/c1-12(2,8-13)9-15(3)7-11(16)14-6-10-4-5-10/h10H,4-9,13H2,1-3H3,(H,14,16). The Labute approximate surface area is 98.6 Å². The lowest BCUT2D eigenvalue weighted by molar-refractivity contribution is -0.122. The van der Waals surface area contributed by atoms with E-state index in [9.17, 15) is 4.79 Å². The molecule has 0 saturated heterocycles. The number of nitrogens with one attached hydrogen (secondary N) is 1. The smallest absolute Gasteiger partial charge is 0.234 e. The van der Waals surface area contributed by atoms with Gasteiger partial charge in [-0.3, -0.25) is 9.69 Å². The van der Waals surface area contributed by atoms with Gasteiger partial charge in [-0.15, -0.1) is 0 Å². The van der Waals surface area contributed by atoms with E-state index in [-0.39, 0.29) is 11.3 Å². The average molecular weight is 227 g/mol. The summed E-state index contributed by atoms with van der Waals surface area (Å²) in [7, 11) is 1.97. The highest BCUT2D eigenvalue weighted by Gasteiger charge is 2.23. The summed E-state index contributed by atoms with van der Waals surface area (Å²) in [5.74, 6) is 0.872. The molecule has 0 aliphatic heterocycles. The van der Waals surface area contributed by atoms with Gasteiger partial charge in [0.25, 0.3) is 0 Å². The highest BCUT2D eigenvalue weighted by atomic mass is 16.2. The van der Waals surface area contributed by atoms with Gasteiger partial charge in [0.05, 0.1) is 6.54 Å². The number of likely N-dealkylation sites (N-methyl/N-ethyl adjacent to an activating group) is 1. The molecule has 1 amide bonds. The molecule has 0 spiro atoms. The first-order valence-electron chi connectivity index (χ1n) is 6.08. The van der Waals surface area contributed by atoms with Crippen molar-refractivity contribution in [2.24, 2.45) is 17.1 Å². The van der Waals surface area contributed by atoms with E-state index >= 15 is 0 Å². The monoisotopic (exact) mass is 227 g/mol. The van der Waals surface area contributed by atoms with Gasteiger partial charge in [-0.2, -0.15) is 0 Å². The van der Waals surface area contributed by atoms with E-state index in [4.69, 9.17) is 5.73 Å². The maximum absolute atomic E-state index is 11.6. The zero-order chi connectivity index (χ0) is 12.2. The van der Waals surface area contributed by atoms with E-state index in [0.29, 0.717) is 13.1 Å². The van der Waals surface area contributed by atoms with Gasteiger partial charge in [-0.05, 0) is 37.8 Å². The molecule has 1 rings (SSSR count). The molecule has 0 unspecified atom stereocenters. The fourth-order valence-corrected chi connectivity index (χ4v) is 1.73. The first-order valence-corrected chi connectivity index (χ1v) is 6.08. The van der Waals surface area contributed by atoms with Crippen LogP contribution in [0.2, 0.25) is 0 Å². The van der Waals surface area contributed by atoms with Crippen LogP contribution >= 0.6 is 0 Å². The molecule has 1 saturated carbocycles. The number of carbonyl (C=O) groups excluding carboxylic acids is 1. The Morgan fingerprint density at radius 3 is 2.62 bits per heavy atom. The lowest BCUT2D eigenvalue weighted by Crippen LogP contribution is -2.42. The molecule has 94 valence electrons. The van der Waals surface area contributed by atoms with Crippen molar-refractivity contribution < 1.29 is 4.79 Å². The van der Waals surface area contributed by atoms with Gasteiger partial charge in [0.15, 0.2) is 0 Å². The number of hydrogen-bond acceptors (Lipinski definition) is 3. The highest BCUT2D eigenvalue weighted by molar-refractivity contribution is 5.77. The number of amides is 1. The average Bonchev–Trinajstić information content (AvgIpc) is 2.97. The van der Waals surface area contributed by atoms with Gasteiger partial charge < -0.3 is 11.1 Å². The molecule has 0 aromatic rings. The minimum Gasteiger partial charge on any atom is -0.355 e. The molecule has 0 atom stereocenters. The van der Waals surface area contributed by atoms with Crippen LogP contribution in [0.15, 0.2) is 0 Å². The Balaban J connectivity index is 2.16. The summed E-state index contributed by atoms with van der Waals surface area (Å²) in [6.45, 7) is 7.04. The van der Waals surface area contributed by atoms with E-state index in [2.05, 4.69) is 19.2 Å². The summed E-state index contributed by atoms with van der Waals surface area (Å²) in [6.07, 6.45) is 2.55. The predicted octanol–water partition coefficient (Wildman–Crippen LogP) is 0.429. The molecule has 3 N–H and O–H groups in total. The number of carbonyl (C=O) groups is 1. The molecule has 0 bridgehead atoms. The molecule has 16 heavy (non-hydrogen) atoms. The zero-order valence-corrected chi connectivity index (χ0v) is 10.8. The summed E-state index contributed by atoms with van der Waals surface area (Å²) >= 11 is 0. The summed E-state index contributed by atoms with van der Waals surface area (Å²) < 4.78 is 0. The van der Waals surface area contributed by atoms with Crippen molar-refractivity contribution in [1.82, 2.24) is 10.2 Å². The Kier molecular flexibility index (Phi) is 4.74. The summed E-state index contributed by atoms with van der Waals surface area (Å²) in [4.78, 5) is 13.6. The lowest BCUT2D eigenvalue weighted by Gasteiger charge is -2.28. The topological polar surface area (TPSA) is 58.4 Å². The molecule has 1 aliphatic carbocycles. The molecule has 0 radical (unpaired) electrons. The second-order valence-electron chi connectivity index (χ2n) is 5.79. The highest BCUT2D eigenvalue weighted by Crippen LogP contribution is 2.27. The van der Waals surface area contributed by atoms with Crippen LogP contribution in [-0.4, -0.2) is 44.0 Å². The lowest BCUT2D eigenvalue weighted by atomic mass is 9.93. The van der Waals surface area contributed by atoms with Crippen LogP contribution < -0.4 is 11.1 Å². The number of nitrogens with two attached hydrogens (primary N) is 1. The van der Waals surface area contributed by atoms with Crippen molar-refractivity contribution in [3.63, 3.8) is 0 Å². The van der Waals surface area contributed by atoms with Crippen LogP contribution in [-0.2, 0) is 4.79 Å². The van der Waals surface area contributed by atoms with Crippen LogP contribution in [0.1, 0.15) is 26.7 Å². The van der Waals surface area contributed by atoms with Crippen molar-refractivity contribution in [3.8, 4) is 0 Å². The van der Waals surface area contributed by atoms with Crippen molar-refractivity contribution in [2.75, 3.05) is 33.2 Å². The van der Waals surface area contributed by atoms with Gasteiger partial charge >= 0.3 is 0 Å². The van der Waals surface area contributed by atoms with Crippen molar-refractivity contribution in [3.05, 3.63) is 0 Å². The molecule has 0 heterocycles. The second kappa shape index (κ2) is 5.64. The number of rotatable bonds is 7. The zero-order valence-electron chi connectivity index (χ0n) is 10.8. The second-order valence-corrected chi connectivity index (χ2v) is 5.79. The molecule has 1 aliphatic rings. The van der Waals surface area contributed by atoms with Gasteiger partial charge in [0, 0.05) is 13.1 Å². The minimum absolute atomic E-state index is 0.0749. The van der Waals surface area contributed by atoms with Crippen LogP contribution in [0.4, 0.5) is 0 Å². The van der Waals surface area contributed by atoms with Crippen molar-refractivity contribution in [2.45, 2.75) is 26.7 Å². The predicted molar refractivity (Wildman–Crippen MR) is 66.1 cm³/mol. The van der Waals surface area contributed by atoms with E-state index in [1.165, 1.54) is 12.8 Å². The fraction of sp³-hybridized carbons (Fsp3) is 0.917. The molecule has 0 aromatic heterocycles. The largest absolute Gasteiger partial charge is 0.355 e. The third-order valence-corrected chi connectivity index (χ3v) is 2.95. The van der Waals surface area contributed by atoms with Gasteiger partial charge in [-0.25, -0.2) is 0 Å². The van der Waals surface area contributed by atoms with E-state index in [1.54, 1.807) is 0 Å². The van der Waals surface area contributed by atoms with Gasteiger partial charge in [-0.1, -0.05) is 13.8 Å². The molecular weight excluding hydrogens is 202 g/mol. The Bertz CT molecular complexity index is 236. The van der Waals surface area contributed by atoms with Gasteiger partial charge in [0.1, 0.15) is 0 Å². The summed E-state index contributed by atoms with van der Waals surface area (Å²) in [6, 6.07) is 0. The van der Waals surface area contributed by atoms with Crippen LogP contribution in [0, 0.1) is 11.3 Å². The molecule has 0 aromatic carbocycles. The maximum Gasteiger partial charge on any atom is 0.234 e. The fourth-order valence-electron chi connectivity index (χ4n) is 1.73. The number of hydrogen-bond donors (Lipinski definition) is 2. The molecular formula is C12H25N3O. The quantitative estimate of drug-likeness (QED) is 0.663. The summed E-state index contributed by atoms with van der Waals surface area (Å²) in [5.41, 5.74) is 5.74. The first kappa shape index (κ1) is 13.5. The van der Waals surface area contributed by atoms with E-state index < -0.39 is 0 Å². The minimum atomic E-state index is 0.0749. The third kappa shape index (κ3) is 5.47. The number of nitrogens with zero attached hydrogens (tertiary/aromatic N) is 1.